The zero-order valence-electron chi connectivity index (χ0n) is 18.7. The summed E-state index contributed by atoms with van der Waals surface area (Å²) in [7, 11) is -3.62. The number of hydrogen-bond acceptors (Lipinski definition) is 5. The molecule has 2 aromatic carbocycles. The third kappa shape index (κ3) is 5.13. The molecule has 1 fully saturated rings. The van der Waals surface area contributed by atoms with Crippen molar-refractivity contribution in [3.63, 3.8) is 0 Å². The number of oxime groups is 1. The largest absolute Gasteiger partial charge is 0.411 e. The maximum Gasteiger partial charge on any atom is 0.276 e. The van der Waals surface area contributed by atoms with Crippen LogP contribution in [0.3, 0.4) is 0 Å². The highest BCUT2D eigenvalue weighted by Crippen LogP contribution is 2.34. The highest BCUT2D eigenvalue weighted by Gasteiger charge is 2.34. The molecule has 1 aliphatic heterocycles. The number of rotatable bonds is 7. The van der Waals surface area contributed by atoms with Crippen LogP contribution in [-0.4, -0.2) is 41.7 Å². The molecule has 7 nitrogen and oxygen atoms in total. The third-order valence-electron chi connectivity index (χ3n) is 6.33. The van der Waals surface area contributed by atoms with Gasteiger partial charge in [0.2, 0.25) is 0 Å². The molecule has 0 unspecified atom stereocenters. The maximum absolute atomic E-state index is 11.5. The molecule has 3 N–H and O–H groups in total. The van der Waals surface area contributed by atoms with Crippen LogP contribution in [0, 0.1) is 13.8 Å². The second kappa shape index (κ2) is 9.43. The number of benzene rings is 2. The Balaban J connectivity index is 1.63. The molecule has 0 saturated carbocycles. The fourth-order valence-electron chi connectivity index (χ4n) is 4.38. The predicted octanol–water partition coefficient (Wildman–Crippen LogP) is 3.70. The van der Waals surface area contributed by atoms with Gasteiger partial charge in [-0.3, -0.25) is 4.98 Å². The Hall–Kier alpha value is -3.07. The van der Waals surface area contributed by atoms with Crippen molar-refractivity contribution in [3.8, 4) is 0 Å². The van der Waals surface area contributed by atoms with Crippen LogP contribution in [0.25, 0.3) is 0 Å². The van der Waals surface area contributed by atoms with Gasteiger partial charge in [-0.25, -0.2) is 5.14 Å². The van der Waals surface area contributed by atoms with E-state index in [1.54, 1.807) is 6.20 Å². The Morgan fingerprint density at radius 3 is 2.45 bits per heavy atom. The van der Waals surface area contributed by atoms with E-state index in [1.807, 2.05) is 31.2 Å². The van der Waals surface area contributed by atoms with Crippen LogP contribution in [0.2, 0.25) is 0 Å². The Bertz CT molecular complexity index is 1270. The molecule has 1 atom stereocenters. The Kier molecular flexibility index (Phi) is 6.60. The van der Waals surface area contributed by atoms with Crippen LogP contribution in [-0.2, 0) is 10.2 Å². The lowest BCUT2D eigenvalue weighted by molar-refractivity contribution is 0.264. The number of aryl methyl sites for hydroxylation is 2. The molecule has 1 saturated heterocycles. The van der Waals surface area contributed by atoms with Gasteiger partial charge < -0.3 is 5.21 Å². The van der Waals surface area contributed by atoms with Crippen LogP contribution < -0.4 is 5.14 Å². The van der Waals surface area contributed by atoms with E-state index in [0.717, 1.165) is 27.9 Å². The van der Waals surface area contributed by atoms with Crippen LogP contribution in [0.4, 0.5) is 0 Å². The van der Waals surface area contributed by atoms with Crippen LogP contribution in [0.5, 0.6) is 0 Å². The number of hydrogen-bond donors (Lipinski definition) is 2. The molecule has 3 aromatic rings. The van der Waals surface area contributed by atoms with Gasteiger partial charge in [0.1, 0.15) is 0 Å². The molecule has 0 spiro atoms. The number of nitrogens with zero attached hydrogens (tertiary/aromatic N) is 3. The molecule has 0 amide bonds. The molecule has 1 aliphatic rings. The quantitative estimate of drug-likeness (QED) is 0.316. The van der Waals surface area contributed by atoms with Crippen LogP contribution >= 0.6 is 0 Å². The van der Waals surface area contributed by atoms with Gasteiger partial charge in [0.25, 0.3) is 10.2 Å². The summed E-state index contributed by atoms with van der Waals surface area (Å²) in [5.74, 6) is 0.130. The molecule has 172 valence electrons. The van der Waals surface area contributed by atoms with Crippen molar-refractivity contribution >= 4 is 15.9 Å². The van der Waals surface area contributed by atoms with Gasteiger partial charge in [-0.1, -0.05) is 53.7 Å². The summed E-state index contributed by atoms with van der Waals surface area (Å²) >= 11 is 0. The first-order valence-corrected chi connectivity index (χ1v) is 12.3. The molecule has 0 bridgehead atoms. The van der Waals surface area contributed by atoms with Crippen molar-refractivity contribution in [2.24, 2.45) is 10.3 Å². The van der Waals surface area contributed by atoms with E-state index < -0.39 is 10.2 Å². The highest BCUT2D eigenvalue weighted by molar-refractivity contribution is 7.86. The zero-order chi connectivity index (χ0) is 23.6. The summed E-state index contributed by atoms with van der Waals surface area (Å²) in [4.78, 5) is 4.24. The van der Waals surface area contributed by atoms with E-state index in [-0.39, 0.29) is 11.8 Å². The average Bonchev–Trinajstić information content (AvgIpc) is 2.74. The van der Waals surface area contributed by atoms with E-state index in [0.29, 0.717) is 25.2 Å². The minimum atomic E-state index is -3.62. The van der Waals surface area contributed by atoms with Gasteiger partial charge in [0, 0.05) is 48.8 Å². The van der Waals surface area contributed by atoms with Gasteiger partial charge >= 0.3 is 0 Å². The molecule has 33 heavy (non-hydrogen) atoms. The molecule has 4 rings (SSSR count). The lowest BCUT2D eigenvalue weighted by Gasteiger charge is -2.37. The minimum Gasteiger partial charge on any atom is -0.411 e. The topological polar surface area (TPSA) is 109 Å². The molecule has 0 aliphatic carbocycles. The first-order valence-electron chi connectivity index (χ1n) is 10.8. The van der Waals surface area contributed by atoms with Crippen molar-refractivity contribution < 1.29 is 13.6 Å². The Morgan fingerprint density at radius 2 is 1.85 bits per heavy atom. The maximum atomic E-state index is 11.5. The van der Waals surface area contributed by atoms with Crippen molar-refractivity contribution in [1.29, 1.82) is 0 Å². The van der Waals surface area contributed by atoms with E-state index in [9.17, 15) is 13.6 Å². The number of pyridine rings is 1. The van der Waals surface area contributed by atoms with Crippen molar-refractivity contribution in [2.45, 2.75) is 32.1 Å². The van der Waals surface area contributed by atoms with Gasteiger partial charge in [-0.05, 0) is 48.2 Å². The van der Waals surface area contributed by atoms with E-state index >= 15 is 0 Å². The molecular formula is C25H28N4O3S. The number of nitrogens with two attached hydrogens (primary N) is 1. The van der Waals surface area contributed by atoms with Crippen molar-refractivity contribution in [2.75, 3.05) is 13.1 Å². The van der Waals surface area contributed by atoms with Gasteiger partial charge in [-0.2, -0.15) is 12.7 Å². The lowest BCUT2D eigenvalue weighted by atomic mass is 9.82. The normalized spacial score (nSPS) is 16.4. The van der Waals surface area contributed by atoms with Crippen molar-refractivity contribution in [1.82, 2.24) is 9.29 Å². The van der Waals surface area contributed by atoms with Gasteiger partial charge in [0.15, 0.2) is 0 Å². The van der Waals surface area contributed by atoms with E-state index in [2.05, 4.69) is 53.5 Å². The van der Waals surface area contributed by atoms with Gasteiger partial charge in [-0.15, -0.1) is 0 Å². The zero-order valence-corrected chi connectivity index (χ0v) is 19.5. The molecule has 2 heterocycles. The smallest absolute Gasteiger partial charge is 0.276 e. The summed E-state index contributed by atoms with van der Waals surface area (Å²) in [5.41, 5.74) is 6.82. The van der Waals surface area contributed by atoms with Crippen molar-refractivity contribution in [3.05, 3.63) is 100 Å². The molecule has 8 heteroatoms. The summed E-state index contributed by atoms with van der Waals surface area (Å²) in [5, 5.41) is 18.7. The van der Waals surface area contributed by atoms with E-state index in [4.69, 9.17) is 5.14 Å². The molecular weight excluding hydrogens is 436 g/mol. The SMILES string of the molecule is Cc1cc(/C(C[C@H](c2ccc(C3CN(S(N)(=O)=O)C3)cc2)c2ccccc2C)=N\O)ccn1. The molecule has 0 radical (unpaired) electrons. The third-order valence-corrected chi connectivity index (χ3v) is 7.35. The standard InChI is InChI=1S/C25H28N4O3S/c1-17-5-3-4-6-23(17)24(14-25(28-30)21-11-12-27-18(2)13-21)20-9-7-19(8-10-20)22-15-29(16-22)33(26,31)32/h3-13,22,24,30H,14-16H2,1-2H3,(H2,26,31,32)/b28-25-/t24-/m1/s1. The fraction of sp³-hybridized carbons (Fsp3) is 0.280. The Labute approximate surface area is 194 Å². The second-order valence-electron chi connectivity index (χ2n) is 8.57. The van der Waals surface area contributed by atoms with E-state index in [1.165, 1.54) is 9.87 Å². The monoisotopic (exact) mass is 464 g/mol. The predicted molar refractivity (Wildman–Crippen MR) is 129 cm³/mol. The average molecular weight is 465 g/mol. The summed E-state index contributed by atoms with van der Waals surface area (Å²) in [6, 6.07) is 20.3. The highest BCUT2D eigenvalue weighted by atomic mass is 32.2. The van der Waals surface area contributed by atoms with Crippen LogP contribution in [0.15, 0.2) is 72.0 Å². The fourth-order valence-corrected chi connectivity index (χ4v) is 5.15. The summed E-state index contributed by atoms with van der Waals surface area (Å²) in [6.45, 7) is 4.80. The first-order chi connectivity index (χ1) is 15.8. The van der Waals surface area contributed by atoms with Gasteiger partial charge in [0.05, 0.1) is 5.71 Å². The Morgan fingerprint density at radius 1 is 1.15 bits per heavy atom. The summed E-state index contributed by atoms with van der Waals surface area (Å²) < 4.78 is 24.2. The lowest BCUT2D eigenvalue weighted by Crippen LogP contribution is -2.51. The summed E-state index contributed by atoms with van der Waals surface area (Å²) in [6.07, 6.45) is 2.24. The number of aromatic nitrogens is 1. The first kappa shape index (κ1) is 23.1. The second-order valence-corrected chi connectivity index (χ2v) is 10.1. The minimum absolute atomic E-state index is 0.0121. The van der Waals surface area contributed by atoms with Crippen LogP contribution in [0.1, 0.15) is 51.8 Å². The molecule has 1 aromatic heterocycles.